The van der Waals surface area contributed by atoms with Crippen LogP contribution >= 0.6 is 0 Å². The number of ether oxygens (including phenoxy) is 1. The zero-order chi connectivity index (χ0) is 28.5. The predicted octanol–water partition coefficient (Wildman–Crippen LogP) is 4.85. The minimum Gasteiger partial charge on any atom is -0.444 e. The summed E-state index contributed by atoms with van der Waals surface area (Å²) in [7, 11) is 1.79. The van der Waals surface area contributed by atoms with Crippen molar-refractivity contribution in [2.75, 3.05) is 11.9 Å². The van der Waals surface area contributed by atoms with Gasteiger partial charge < -0.3 is 15.0 Å². The lowest BCUT2D eigenvalue weighted by molar-refractivity contribution is -0.131. The summed E-state index contributed by atoms with van der Waals surface area (Å²) in [6.07, 6.45) is 1.86. The molecule has 0 unspecified atom stereocenters. The molecular formula is C31H38N4O4. The Morgan fingerprint density at radius 2 is 1.77 bits per heavy atom. The predicted molar refractivity (Wildman–Crippen MR) is 150 cm³/mol. The molecule has 3 amide bonds. The number of benzene rings is 2. The Hall–Kier alpha value is -3.86. The van der Waals surface area contributed by atoms with Crippen molar-refractivity contribution in [2.45, 2.75) is 84.0 Å². The van der Waals surface area contributed by atoms with E-state index in [1.807, 2.05) is 56.3 Å². The lowest BCUT2D eigenvalue weighted by atomic mass is 9.86. The maximum atomic E-state index is 13.4. The minimum absolute atomic E-state index is 0.0611. The van der Waals surface area contributed by atoms with E-state index in [0.717, 1.165) is 40.8 Å². The summed E-state index contributed by atoms with van der Waals surface area (Å²) >= 11 is 0. The molecule has 2 heterocycles. The second-order valence-electron chi connectivity index (χ2n) is 11.8. The van der Waals surface area contributed by atoms with Crippen LogP contribution in [0.3, 0.4) is 0 Å². The van der Waals surface area contributed by atoms with Gasteiger partial charge >= 0.3 is 6.09 Å². The number of nitrogens with one attached hydrogen (secondary N) is 1. The van der Waals surface area contributed by atoms with Gasteiger partial charge in [-0.2, -0.15) is 5.26 Å². The fraction of sp³-hybridized carbons (Fsp3) is 0.484. The number of piperidine rings is 1. The topological polar surface area (TPSA) is 103 Å². The average Bonchev–Trinajstić information content (AvgIpc) is 3.16. The van der Waals surface area contributed by atoms with Crippen LogP contribution in [0.15, 0.2) is 42.5 Å². The number of amides is 3. The monoisotopic (exact) mass is 530 g/mol. The molecule has 8 nitrogen and oxygen atoms in total. The maximum Gasteiger partial charge on any atom is 0.411 e. The molecule has 2 aromatic rings. The number of anilines is 1. The highest BCUT2D eigenvalue weighted by Crippen LogP contribution is 2.33. The van der Waals surface area contributed by atoms with Crippen molar-refractivity contribution in [1.29, 1.82) is 5.26 Å². The number of carbonyl (C=O) groups excluding carboxylic acids is 3. The Labute approximate surface area is 230 Å². The highest BCUT2D eigenvalue weighted by Gasteiger charge is 2.43. The molecule has 0 radical (unpaired) electrons. The molecule has 4 atom stereocenters. The van der Waals surface area contributed by atoms with Gasteiger partial charge in [0.1, 0.15) is 17.7 Å². The first-order chi connectivity index (χ1) is 18.4. The largest absolute Gasteiger partial charge is 0.444 e. The van der Waals surface area contributed by atoms with Gasteiger partial charge in [-0.3, -0.25) is 14.5 Å². The molecule has 2 aromatic carbocycles. The first-order valence-corrected chi connectivity index (χ1v) is 13.6. The van der Waals surface area contributed by atoms with Gasteiger partial charge in [-0.1, -0.05) is 43.3 Å². The van der Waals surface area contributed by atoms with Crippen LogP contribution in [0.1, 0.15) is 58.6 Å². The normalized spacial score (nSPS) is 21.7. The van der Waals surface area contributed by atoms with E-state index in [1.165, 1.54) is 0 Å². The Morgan fingerprint density at radius 1 is 1.10 bits per heavy atom. The zero-order valence-corrected chi connectivity index (χ0v) is 23.7. The van der Waals surface area contributed by atoms with Gasteiger partial charge in [0.15, 0.2) is 0 Å². The van der Waals surface area contributed by atoms with E-state index in [-0.39, 0.29) is 23.8 Å². The molecule has 0 saturated carbocycles. The molecule has 1 saturated heterocycles. The minimum atomic E-state index is -0.743. The number of rotatable bonds is 5. The third kappa shape index (κ3) is 6.25. The molecule has 4 rings (SSSR count). The van der Waals surface area contributed by atoms with Gasteiger partial charge in [-0.05, 0) is 74.8 Å². The van der Waals surface area contributed by atoms with Crippen LogP contribution in [-0.4, -0.2) is 53.6 Å². The third-order valence-electron chi connectivity index (χ3n) is 7.59. The van der Waals surface area contributed by atoms with Crippen molar-refractivity contribution in [3.63, 3.8) is 0 Å². The Kier molecular flexibility index (Phi) is 8.01. The molecule has 0 bridgehead atoms. The molecule has 8 heteroatoms. The SMILES string of the molecule is C[C@@H]1CC[C@H](C)N(C(=O)OC(C)(C)C)[C@@H]1C(=O)N[C@H](C#N)Cc1ccc(-c2ccc3c(c2)N(C)C(=O)C3)cc1. The van der Waals surface area contributed by atoms with Crippen molar-refractivity contribution in [1.82, 2.24) is 10.2 Å². The second-order valence-corrected chi connectivity index (χ2v) is 11.8. The number of nitrogens with zero attached hydrogens (tertiary/aromatic N) is 3. The van der Waals surface area contributed by atoms with Gasteiger partial charge in [-0.25, -0.2) is 4.79 Å². The van der Waals surface area contributed by atoms with Gasteiger partial charge in [0, 0.05) is 25.2 Å². The molecule has 1 N–H and O–H groups in total. The van der Waals surface area contributed by atoms with Crippen molar-refractivity contribution in [3.8, 4) is 17.2 Å². The number of carbonyl (C=O) groups is 3. The van der Waals surface area contributed by atoms with E-state index in [9.17, 15) is 19.6 Å². The van der Waals surface area contributed by atoms with Crippen molar-refractivity contribution in [2.24, 2.45) is 5.92 Å². The summed E-state index contributed by atoms with van der Waals surface area (Å²) in [6.45, 7) is 9.30. The fourth-order valence-electron chi connectivity index (χ4n) is 5.42. The molecule has 206 valence electrons. The number of nitriles is 1. The van der Waals surface area contributed by atoms with Gasteiger partial charge in [0.2, 0.25) is 11.8 Å². The van der Waals surface area contributed by atoms with Crippen LogP contribution in [0, 0.1) is 17.2 Å². The number of hydrogen-bond donors (Lipinski definition) is 1. The first kappa shape index (κ1) is 28.2. The van der Waals surface area contributed by atoms with Crippen LogP contribution in [0.2, 0.25) is 0 Å². The molecule has 39 heavy (non-hydrogen) atoms. The van der Waals surface area contributed by atoms with E-state index in [2.05, 4.69) is 11.4 Å². The number of hydrogen-bond acceptors (Lipinski definition) is 5. The summed E-state index contributed by atoms with van der Waals surface area (Å²) < 4.78 is 5.61. The van der Waals surface area contributed by atoms with Crippen molar-refractivity contribution < 1.29 is 19.1 Å². The van der Waals surface area contributed by atoms with Crippen molar-refractivity contribution in [3.05, 3.63) is 53.6 Å². The lowest BCUT2D eigenvalue weighted by Crippen LogP contribution is -2.60. The fourth-order valence-corrected chi connectivity index (χ4v) is 5.42. The molecule has 2 aliphatic rings. The van der Waals surface area contributed by atoms with Crippen LogP contribution in [0.25, 0.3) is 11.1 Å². The van der Waals surface area contributed by atoms with Crippen LogP contribution in [-0.2, 0) is 27.2 Å². The molecule has 0 spiro atoms. The van der Waals surface area contributed by atoms with E-state index in [4.69, 9.17) is 4.74 Å². The summed E-state index contributed by atoms with van der Waals surface area (Å²) in [5.41, 5.74) is 4.21. The van der Waals surface area contributed by atoms with Crippen LogP contribution in [0.5, 0.6) is 0 Å². The Bertz CT molecular complexity index is 1290. The van der Waals surface area contributed by atoms with Crippen molar-refractivity contribution >= 4 is 23.6 Å². The maximum absolute atomic E-state index is 13.4. The van der Waals surface area contributed by atoms with Crippen LogP contribution in [0.4, 0.5) is 10.5 Å². The molecule has 2 aliphatic heterocycles. The smallest absolute Gasteiger partial charge is 0.411 e. The van der Waals surface area contributed by atoms with Crippen LogP contribution < -0.4 is 10.2 Å². The quantitative estimate of drug-likeness (QED) is 0.596. The third-order valence-corrected chi connectivity index (χ3v) is 7.59. The number of fused-ring (bicyclic) bond motifs is 1. The van der Waals surface area contributed by atoms with E-state index in [0.29, 0.717) is 12.8 Å². The number of likely N-dealkylation sites (tertiary alicyclic amines) is 1. The summed E-state index contributed by atoms with van der Waals surface area (Å²) in [5, 5.41) is 12.7. The highest BCUT2D eigenvalue weighted by molar-refractivity contribution is 6.01. The molecule has 0 aromatic heterocycles. The summed E-state index contributed by atoms with van der Waals surface area (Å²) in [4.78, 5) is 41.7. The number of likely N-dealkylation sites (N-methyl/N-ethyl adjacent to an activating group) is 1. The Morgan fingerprint density at radius 3 is 2.41 bits per heavy atom. The van der Waals surface area contributed by atoms with Gasteiger partial charge in [-0.15, -0.1) is 0 Å². The highest BCUT2D eigenvalue weighted by atomic mass is 16.6. The zero-order valence-electron chi connectivity index (χ0n) is 23.7. The molecule has 1 fully saturated rings. The molecular weight excluding hydrogens is 492 g/mol. The summed E-state index contributed by atoms with van der Waals surface area (Å²) in [5.74, 6) is -0.303. The average molecular weight is 531 g/mol. The second kappa shape index (κ2) is 11.1. The van der Waals surface area contributed by atoms with E-state index >= 15 is 0 Å². The molecule has 0 aliphatic carbocycles. The lowest BCUT2D eigenvalue weighted by Gasteiger charge is -2.43. The van der Waals surface area contributed by atoms with E-state index < -0.39 is 23.8 Å². The van der Waals surface area contributed by atoms with Gasteiger partial charge in [0.05, 0.1) is 12.5 Å². The Balaban J connectivity index is 1.45. The standard InChI is InChI=1S/C31H38N4O4/c1-19-7-8-20(2)35(30(38)39-31(3,4)5)28(19)29(37)33-25(18-32)15-21-9-11-22(12-10-21)23-13-14-24-17-27(36)34(6)26(24)16-23/h9-14,16,19-20,25,28H,7-8,15,17H2,1-6H3,(H,33,37)/t19-,20+,25+,28+/m1/s1. The van der Waals surface area contributed by atoms with Gasteiger partial charge in [0.25, 0.3) is 0 Å². The summed E-state index contributed by atoms with van der Waals surface area (Å²) in [6, 6.07) is 14.5. The first-order valence-electron chi connectivity index (χ1n) is 13.6. The van der Waals surface area contributed by atoms with E-state index in [1.54, 1.807) is 37.6 Å².